The van der Waals surface area contributed by atoms with Crippen LogP contribution in [0.1, 0.15) is 23.5 Å². The fourth-order valence-corrected chi connectivity index (χ4v) is 3.57. The molecule has 0 bridgehead atoms. The third kappa shape index (κ3) is 6.04. The van der Waals surface area contributed by atoms with Crippen LogP contribution in [0.2, 0.25) is 5.02 Å². The van der Waals surface area contributed by atoms with Crippen LogP contribution in [0.15, 0.2) is 67.0 Å². The van der Waals surface area contributed by atoms with Crippen LogP contribution in [0.4, 0.5) is 0 Å². The summed E-state index contributed by atoms with van der Waals surface area (Å²) in [6.45, 7) is 1.29. The zero-order valence-corrected chi connectivity index (χ0v) is 18.1. The molecule has 0 saturated heterocycles. The van der Waals surface area contributed by atoms with Gasteiger partial charge < -0.3 is 19.4 Å². The van der Waals surface area contributed by atoms with Gasteiger partial charge in [-0.25, -0.2) is 0 Å². The summed E-state index contributed by atoms with van der Waals surface area (Å²) in [4.78, 5) is 12.6. The molecule has 1 N–H and O–H groups in total. The number of nitrogens with one attached hydrogen (secondary N) is 1. The SMILES string of the molecule is COc1ccc(CCNC(=O)C[C@H](Cn2cccc2)c2ccc(Cl)cc2)cc1OC. The van der Waals surface area contributed by atoms with Crippen molar-refractivity contribution in [3.8, 4) is 11.5 Å². The van der Waals surface area contributed by atoms with E-state index in [0.717, 1.165) is 24.1 Å². The molecule has 1 atom stereocenters. The Labute approximate surface area is 182 Å². The number of hydrogen-bond acceptors (Lipinski definition) is 3. The number of nitrogens with zero attached hydrogens (tertiary/aromatic N) is 1. The van der Waals surface area contributed by atoms with Crippen LogP contribution in [0.3, 0.4) is 0 Å². The maximum atomic E-state index is 12.6. The first-order valence-electron chi connectivity index (χ1n) is 9.93. The van der Waals surface area contributed by atoms with Gasteiger partial charge in [0.1, 0.15) is 0 Å². The van der Waals surface area contributed by atoms with Gasteiger partial charge in [0.2, 0.25) is 5.91 Å². The summed E-state index contributed by atoms with van der Waals surface area (Å²) in [7, 11) is 3.23. The number of carbonyl (C=O) groups is 1. The smallest absolute Gasteiger partial charge is 0.220 e. The zero-order chi connectivity index (χ0) is 21.3. The molecule has 5 nitrogen and oxygen atoms in total. The van der Waals surface area contributed by atoms with Crippen molar-refractivity contribution in [2.75, 3.05) is 20.8 Å². The lowest BCUT2D eigenvalue weighted by Crippen LogP contribution is -2.28. The Kier molecular flexibility index (Phi) is 7.80. The maximum Gasteiger partial charge on any atom is 0.220 e. The summed E-state index contributed by atoms with van der Waals surface area (Å²) in [5.74, 6) is 1.48. The van der Waals surface area contributed by atoms with Crippen LogP contribution in [0.25, 0.3) is 0 Å². The largest absolute Gasteiger partial charge is 0.493 e. The first-order valence-corrected chi connectivity index (χ1v) is 10.3. The minimum atomic E-state index is 0.0302. The summed E-state index contributed by atoms with van der Waals surface area (Å²) in [5, 5.41) is 3.73. The highest BCUT2D eigenvalue weighted by molar-refractivity contribution is 6.30. The lowest BCUT2D eigenvalue weighted by Gasteiger charge is -2.18. The van der Waals surface area contributed by atoms with E-state index in [-0.39, 0.29) is 11.8 Å². The second kappa shape index (κ2) is 10.7. The Morgan fingerprint density at radius 3 is 2.40 bits per heavy atom. The van der Waals surface area contributed by atoms with Gasteiger partial charge in [0, 0.05) is 42.8 Å². The van der Waals surface area contributed by atoms with Gasteiger partial charge in [0.25, 0.3) is 0 Å². The van der Waals surface area contributed by atoms with Crippen LogP contribution in [0.5, 0.6) is 11.5 Å². The van der Waals surface area contributed by atoms with E-state index in [1.54, 1.807) is 14.2 Å². The Bertz CT molecular complexity index is 940. The summed E-state index contributed by atoms with van der Waals surface area (Å²) >= 11 is 6.03. The molecular weight excluding hydrogens is 400 g/mol. The lowest BCUT2D eigenvalue weighted by atomic mass is 9.95. The highest BCUT2D eigenvalue weighted by Gasteiger charge is 2.17. The Balaban J connectivity index is 1.58. The standard InChI is InChI=1S/C24H27ClN2O3/c1-29-22-10-5-18(15-23(22)30-2)11-12-26-24(28)16-20(17-27-13-3-4-14-27)19-6-8-21(25)9-7-19/h3-10,13-15,20H,11-12,16-17H2,1-2H3,(H,26,28)/t20-/m1/s1. The Morgan fingerprint density at radius 2 is 1.73 bits per heavy atom. The van der Waals surface area contributed by atoms with Crippen LogP contribution < -0.4 is 14.8 Å². The van der Waals surface area contributed by atoms with Crippen LogP contribution in [-0.4, -0.2) is 31.2 Å². The molecule has 0 spiro atoms. The van der Waals surface area contributed by atoms with Gasteiger partial charge in [-0.1, -0.05) is 29.8 Å². The van der Waals surface area contributed by atoms with Crippen molar-refractivity contribution in [1.82, 2.24) is 9.88 Å². The molecule has 0 aliphatic rings. The van der Waals surface area contributed by atoms with Crippen LogP contribution >= 0.6 is 11.6 Å². The van der Waals surface area contributed by atoms with Gasteiger partial charge in [-0.3, -0.25) is 4.79 Å². The topological polar surface area (TPSA) is 52.5 Å². The van der Waals surface area contributed by atoms with Gasteiger partial charge in [-0.05, 0) is 53.9 Å². The first-order chi connectivity index (χ1) is 14.6. The summed E-state index contributed by atoms with van der Waals surface area (Å²) in [6, 6.07) is 17.5. The second-order valence-electron chi connectivity index (χ2n) is 7.12. The van der Waals surface area contributed by atoms with Gasteiger partial charge in [0.05, 0.1) is 14.2 Å². The van der Waals surface area contributed by atoms with Crippen molar-refractivity contribution in [1.29, 1.82) is 0 Å². The summed E-state index contributed by atoms with van der Waals surface area (Å²) < 4.78 is 12.7. The number of benzene rings is 2. The molecule has 0 radical (unpaired) electrons. The number of amides is 1. The van der Waals surface area contributed by atoms with E-state index in [9.17, 15) is 4.79 Å². The summed E-state index contributed by atoms with van der Waals surface area (Å²) in [6.07, 6.45) is 5.15. The molecular formula is C24H27ClN2O3. The number of halogens is 1. The van der Waals surface area contributed by atoms with Crippen molar-refractivity contribution >= 4 is 17.5 Å². The van der Waals surface area contributed by atoms with E-state index >= 15 is 0 Å². The van der Waals surface area contributed by atoms with E-state index in [1.165, 1.54) is 0 Å². The van der Waals surface area contributed by atoms with Gasteiger partial charge in [-0.15, -0.1) is 0 Å². The maximum absolute atomic E-state index is 12.6. The van der Waals surface area contributed by atoms with Crippen LogP contribution in [-0.2, 0) is 17.8 Å². The normalized spacial score (nSPS) is 11.7. The van der Waals surface area contributed by atoms with Gasteiger partial charge in [-0.2, -0.15) is 0 Å². The molecule has 0 saturated carbocycles. The quantitative estimate of drug-likeness (QED) is 0.511. The van der Waals surface area contributed by atoms with Gasteiger partial charge >= 0.3 is 0 Å². The fourth-order valence-electron chi connectivity index (χ4n) is 3.45. The predicted octanol–water partition coefficient (Wildman–Crippen LogP) is 4.69. The third-order valence-corrected chi connectivity index (χ3v) is 5.31. The molecule has 0 aliphatic heterocycles. The number of hydrogen-bond donors (Lipinski definition) is 1. The average molecular weight is 427 g/mol. The van der Waals surface area contributed by atoms with Crippen molar-refractivity contribution in [2.24, 2.45) is 0 Å². The Morgan fingerprint density at radius 1 is 1.03 bits per heavy atom. The second-order valence-corrected chi connectivity index (χ2v) is 7.56. The molecule has 30 heavy (non-hydrogen) atoms. The molecule has 0 aliphatic carbocycles. The first kappa shape index (κ1) is 21.8. The molecule has 1 heterocycles. The molecule has 6 heteroatoms. The van der Waals surface area contributed by atoms with Crippen molar-refractivity contribution in [3.05, 3.63) is 83.1 Å². The molecule has 158 valence electrons. The zero-order valence-electron chi connectivity index (χ0n) is 17.3. The van der Waals surface area contributed by atoms with Gasteiger partial charge in [0.15, 0.2) is 11.5 Å². The number of aromatic nitrogens is 1. The third-order valence-electron chi connectivity index (χ3n) is 5.05. The predicted molar refractivity (Wildman–Crippen MR) is 120 cm³/mol. The molecule has 3 aromatic rings. The number of carbonyl (C=O) groups excluding carboxylic acids is 1. The molecule has 2 aromatic carbocycles. The van der Waals surface area contributed by atoms with E-state index < -0.39 is 0 Å². The monoisotopic (exact) mass is 426 g/mol. The van der Waals surface area contributed by atoms with Crippen molar-refractivity contribution in [2.45, 2.75) is 25.3 Å². The lowest BCUT2D eigenvalue weighted by molar-refractivity contribution is -0.121. The molecule has 0 unspecified atom stereocenters. The number of ether oxygens (including phenoxy) is 2. The minimum Gasteiger partial charge on any atom is -0.493 e. The molecule has 3 rings (SSSR count). The molecule has 0 fully saturated rings. The molecule has 1 aromatic heterocycles. The average Bonchev–Trinajstić information content (AvgIpc) is 3.27. The highest BCUT2D eigenvalue weighted by Crippen LogP contribution is 2.27. The molecule has 1 amide bonds. The highest BCUT2D eigenvalue weighted by atomic mass is 35.5. The van der Waals surface area contributed by atoms with E-state index in [4.69, 9.17) is 21.1 Å². The summed E-state index contributed by atoms with van der Waals surface area (Å²) in [5.41, 5.74) is 2.18. The van der Waals surface area contributed by atoms with Crippen molar-refractivity contribution in [3.63, 3.8) is 0 Å². The van der Waals surface area contributed by atoms with E-state index in [1.807, 2.05) is 67.0 Å². The van der Waals surface area contributed by atoms with E-state index in [0.29, 0.717) is 29.5 Å². The van der Waals surface area contributed by atoms with E-state index in [2.05, 4.69) is 9.88 Å². The number of methoxy groups -OCH3 is 2. The minimum absolute atomic E-state index is 0.0302. The van der Waals surface area contributed by atoms with Crippen LogP contribution in [0, 0.1) is 0 Å². The number of rotatable bonds is 10. The Hall–Kier alpha value is -2.92. The van der Waals surface area contributed by atoms with Crippen molar-refractivity contribution < 1.29 is 14.3 Å². The fraction of sp³-hybridized carbons (Fsp3) is 0.292.